The van der Waals surface area contributed by atoms with Gasteiger partial charge >= 0.3 is 5.69 Å². The summed E-state index contributed by atoms with van der Waals surface area (Å²) in [7, 11) is 1.43. The molecule has 76 valence electrons. The standard InChI is InChI=1S/C8H10N2O4/c1-9(12)5-6-2-3-8(11)7(4-6)10(13)14/h2-4,11-12H,5H2,1H3. The van der Waals surface area contributed by atoms with Crippen LogP contribution < -0.4 is 0 Å². The van der Waals surface area contributed by atoms with Gasteiger partial charge in [-0.3, -0.25) is 10.1 Å². The van der Waals surface area contributed by atoms with E-state index in [1.807, 2.05) is 0 Å². The zero-order valence-corrected chi connectivity index (χ0v) is 7.54. The molecular weight excluding hydrogens is 188 g/mol. The fourth-order valence-electron chi connectivity index (χ4n) is 1.08. The summed E-state index contributed by atoms with van der Waals surface area (Å²) in [4.78, 5) is 9.76. The Balaban J connectivity index is 3.00. The highest BCUT2D eigenvalue weighted by atomic mass is 16.6. The zero-order chi connectivity index (χ0) is 10.7. The highest BCUT2D eigenvalue weighted by Crippen LogP contribution is 2.26. The van der Waals surface area contributed by atoms with Crippen LogP contribution in [0.2, 0.25) is 0 Å². The van der Waals surface area contributed by atoms with E-state index in [1.54, 1.807) is 0 Å². The Bertz CT molecular complexity index is 351. The van der Waals surface area contributed by atoms with E-state index in [0.717, 1.165) is 5.06 Å². The molecular formula is C8H10N2O4. The maximum absolute atomic E-state index is 10.4. The average molecular weight is 198 g/mol. The molecule has 2 N–H and O–H groups in total. The van der Waals surface area contributed by atoms with Crippen molar-refractivity contribution in [2.24, 2.45) is 0 Å². The summed E-state index contributed by atoms with van der Waals surface area (Å²) in [5, 5.41) is 29.4. The van der Waals surface area contributed by atoms with Crippen LogP contribution in [0.25, 0.3) is 0 Å². The van der Waals surface area contributed by atoms with Crippen molar-refractivity contribution in [3.63, 3.8) is 0 Å². The van der Waals surface area contributed by atoms with Crippen LogP contribution >= 0.6 is 0 Å². The van der Waals surface area contributed by atoms with Gasteiger partial charge in [-0.05, 0) is 11.6 Å². The van der Waals surface area contributed by atoms with Crippen LogP contribution in [0.15, 0.2) is 18.2 Å². The van der Waals surface area contributed by atoms with Gasteiger partial charge in [0.25, 0.3) is 0 Å². The largest absolute Gasteiger partial charge is 0.502 e. The van der Waals surface area contributed by atoms with Gasteiger partial charge in [-0.1, -0.05) is 6.07 Å². The fraction of sp³-hybridized carbons (Fsp3) is 0.250. The molecule has 0 atom stereocenters. The van der Waals surface area contributed by atoms with Crippen LogP contribution in [0.1, 0.15) is 5.56 Å². The van der Waals surface area contributed by atoms with Crippen LogP contribution in [0.3, 0.4) is 0 Å². The second-order valence-corrected chi connectivity index (χ2v) is 2.90. The number of nitro benzene ring substituents is 1. The molecule has 0 radical (unpaired) electrons. The van der Waals surface area contributed by atoms with Crippen LogP contribution in [-0.4, -0.2) is 27.3 Å². The molecule has 0 aliphatic rings. The quantitative estimate of drug-likeness (QED) is 0.561. The molecule has 0 unspecified atom stereocenters. The van der Waals surface area contributed by atoms with E-state index in [9.17, 15) is 10.1 Å². The van der Waals surface area contributed by atoms with Gasteiger partial charge in [0.1, 0.15) is 0 Å². The summed E-state index contributed by atoms with van der Waals surface area (Å²) >= 11 is 0. The first-order valence-electron chi connectivity index (χ1n) is 3.87. The van der Waals surface area contributed by atoms with E-state index in [2.05, 4.69) is 0 Å². The monoisotopic (exact) mass is 198 g/mol. The van der Waals surface area contributed by atoms with Crippen molar-refractivity contribution in [1.82, 2.24) is 5.06 Å². The number of phenols is 1. The Kier molecular flexibility index (Phi) is 3.00. The molecule has 6 nitrogen and oxygen atoms in total. The van der Waals surface area contributed by atoms with E-state index >= 15 is 0 Å². The highest BCUT2D eigenvalue weighted by molar-refractivity contribution is 5.47. The minimum atomic E-state index is -0.670. The average Bonchev–Trinajstić information content (AvgIpc) is 2.07. The van der Waals surface area contributed by atoms with Crippen molar-refractivity contribution < 1.29 is 15.2 Å². The van der Waals surface area contributed by atoms with Gasteiger partial charge in [0, 0.05) is 19.7 Å². The SMILES string of the molecule is CN(O)Cc1ccc(O)c([N+](=O)[O-])c1. The van der Waals surface area contributed by atoms with Crippen LogP contribution in [0.5, 0.6) is 5.75 Å². The summed E-state index contributed by atoms with van der Waals surface area (Å²) in [6.45, 7) is 0.168. The van der Waals surface area contributed by atoms with Gasteiger partial charge < -0.3 is 10.3 Å². The van der Waals surface area contributed by atoms with E-state index in [0.29, 0.717) is 5.56 Å². The van der Waals surface area contributed by atoms with E-state index in [1.165, 1.54) is 25.2 Å². The number of hydrogen-bond donors (Lipinski definition) is 2. The summed E-state index contributed by atoms with van der Waals surface area (Å²) in [6.07, 6.45) is 0. The van der Waals surface area contributed by atoms with Crippen molar-refractivity contribution in [3.05, 3.63) is 33.9 Å². The third-order valence-corrected chi connectivity index (χ3v) is 1.65. The number of benzene rings is 1. The molecule has 0 spiro atoms. The van der Waals surface area contributed by atoms with E-state index in [-0.39, 0.29) is 18.0 Å². The zero-order valence-electron chi connectivity index (χ0n) is 7.54. The first kappa shape index (κ1) is 10.4. The Morgan fingerprint density at radius 1 is 1.57 bits per heavy atom. The molecule has 0 aliphatic carbocycles. The molecule has 0 bridgehead atoms. The van der Waals surface area contributed by atoms with Gasteiger partial charge in [0.2, 0.25) is 0 Å². The first-order chi connectivity index (χ1) is 6.50. The molecule has 1 aromatic rings. The lowest BCUT2D eigenvalue weighted by atomic mass is 10.2. The minimum Gasteiger partial charge on any atom is -0.502 e. The lowest BCUT2D eigenvalue weighted by molar-refractivity contribution is -0.385. The highest BCUT2D eigenvalue weighted by Gasteiger charge is 2.13. The lowest BCUT2D eigenvalue weighted by Crippen LogP contribution is -2.11. The molecule has 14 heavy (non-hydrogen) atoms. The number of hydrogen-bond acceptors (Lipinski definition) is 5. The maximum Gasteiger partial charge on any atom is 0.311 e. The fourth-order valence-corrected chi connectivity index (χ4v) is 1.08. The predicted octanol–water partition coefficient (Wildman–Crippen LogP) is 1.12. The third kappa shape index (κ3) is 2.41. The van der Waals surface area contributed by atoms with Crippen molar-refractivity contribution in [3.8, 4) is 5.75 Å². The van der Waals surface area contributed by atoms with E-state index in [4.69, 9.17) is 10.3 Å². The Labute approximate surface area is 80.1 Å². The van der Waals surface area contributed by atoms with Gasteiger partial charge in [-0.15, -0.1) is 0 Å². The Morgan fingerprint density at radius 3 is 2.71 bits per heavy atom. The minimum absolute atomic E-state index is 0.168. The topological polar surface area (TPSA) is 86.8 Å². The molecule has 1 aromatic carbocycles. The van der Waals surface area contributed by atoms with Crippen molar-refractivity contribution in [2.45, 2.75) is 6.54 Å². The number of nitrogens with zero attached hydrogens (tertiary/aromatic N) is 2. The molecule has 0 heterocycles. The lowest BCUT2D eigenvalue weighted by Gasteiger charge is -2.07. The van der Waals surface area contributed by atoms with Crippen LogP contribution in [0.4, 0.5) is 5.69 Å². The van der Waals surface area contributed by atoms with Gasteiger partial charge in [-0.25, -0.2) is 0 Å². The van der Waals surface area contributed by atoms with E-state index < -0.39 is 4.92 Å². The van der Waals surface area contributed by atoms with Gasteiger partial charge in [-0.2, -0.15) is 5.06 Å². The summed E-state index contributed by atoms with van der Waals surface area (Å²) in [6, 6.07) is 3.97. The summed E-state index contributed by atoms with van der Waals surface area (Å²) in [5.41, 5.74) is 0.198. The smallest absolute Gasteiger partial charge is 0.311 e. The molecule has 1 rings (SSSR count). The number of nitro groups is 1. The van der Waals surface area contributed by atoms with Crippen molar-refractivity contribution in [2.75, 3.05) is 7.05 Å². The molecule has 6 heteroatoms. The number of rotatable bonds is 3. The molecule has 0 aliphatic heterocycles. The predicted molar refractivity (Wildman–Crippen MR) is 48.0 cm³/mol. The van der Waals surface area contributed by atoms with Crippen LogP contribution in [0, 0.1) is 10.1 Å². The Hall–Kier alpha value is -1.66. The molecule has 0 amide bonds. The maximum atomic E-state index is 10.4. The number of hydroxylamine groups is 2. The van der Waals surface area contributed by atoms with Crippen molar-refractivity contribution in [1.29, 1.82) is 0 Å². The third-order valence-electron chi connectivity index (χ3n) is 1.65. The Morgan fingerprint density at radius 2 is 2.21 bits per heavy atom. The second-order valence-electron chi connectivity index (χ2n) is 2.90. The number of aromatic hydroxyl groups is 1. The molecule has 0 fully saturated rings. The molecule has 0 saturated heterocycles. The molecule has 0 aromatic heterocycles. The molecule has 0 saturated carbocycles. The van der Waals surface area contributed by atoms with Gasteiger partial charge in [0.15, 0.2) is 5.75 Å². The van der Waals surface area contributed by atoms with Gasteiger partial charge in [0.05, 0.1) is 4.92 Å². The number of phenolic OH excluding ortho intramolecular Hbond substituents is 1. The van der Waals surface area contributed by atoms with Crippen LogP contribution in [-0.2, 0) is 6.54 Å². The normalized spacial score (nSPS) is 10.5. The first-order valence-corrected chi connectivity index (χ1v) is 3.87. The summed E-state index contributed by atoms with van der Waals surface area (Å²) in [5.74, 6) is -0.376. The van der Waals surface area contributed by atoms with Crippen molar-refractivity contribution >= 4 is 5.69 Å². The second kappa shape index (κ2) is 4.03. The summed E-state index contributed by atoms with van der Waals surface area (Å²) < 4.78 is 0.